The zero-order valence-electron chi connectivity index (χ0n) is 23.3. The van der Waals surface area contributed by atoms with E-state index in [0.717, 1.165) is 23.7 Å². The fourth-order valence-electron chi connectivity index (χ4n) is 3.36. The van der Waals surface area contributed by atoms with Crippen molar-refractivity contribution in [2.75, 3.05) is 6.26 Å². The van der Waals surface area contributed by atoms with Crippen LogP contribution in [0.15, 0.2) is 18.2 Å². The van der Waals surface area contributed by atoms with Crippen LogP contribution in [0.4, 0.5) is 4.39 Å². The molecule has 0 spiro atoms. The second kappa shape index (κ2) is 16.8. The molecule has 1 aliphatic heterocycles. The van der Waals surface area contributed by atoms with Crippen molar-refractivity contribution < 1.29 is 4.39 Å². The Morgan fingerprint density at radius 3 is 1.65 bits per heavy atom. The van der Waals surface area contributed by atoms with Gasteiger partial charge in [0.2, 0.25) is 0 Å². The van der Waals surface area contributed by atoms with Crippen molar-refractivity contribution in [1.82, 2.24) is 4.72 Å². The summed E-state index contributed by atoms with van der Waals surface area (Å²) in [5.74, 6) is 7.89. The highest BCUT2D eigenvalue weighted by Gasteiger charge is 2.48. The van der Waals surface area contributed by atoms with E-state index in [2.05, 4.69) is 64.1 Å². The summed E-state index contributed by atoms with van der Waals surface area (Å²) < 4.78 is 17.3. The molecule has 1 saturated heterocycles. The molecule has 0 amide bonds. The van der Waals surface area contributed by atoms with Crippen LogP contribution in [0.3, 0.4) is 0 Å². The van der Waals surface area contributed by atoms with E-state index in [1.54, 1.807) is 12.1 Å². The van der Waals surface area contributed by atoms with Crippen LogP contribution in [-0.4, -0.2) is 24.7 Å². The van der Waals surface area contributed by atoms with Gasteiger partial charge in [-0.2, -0.15) is 9.39 Å². The minimum absolute atomic E-state index is 0.137. The monoisotopic (exact) mass is 455 g/mol. The maximum absolute atomic E-state index is 14.0. The Hall–Kier alpha value is -0.735. The van der Waals surface area contributed by atoms with Gasteiger partial charge in [-0.3, -0.25) is 4.72 Å². The van der Waals surface area contributed by atoms with E-state index in [1.165, 1.54) is 6.42 Å². The van der Waals surface area contributed by atoms with Crippen LogP contribution in [0.2, 0.25) is 12.6 Å². The molecule has 1 fully saturated rings. The first-order valence-electron chi connectivity index (χ1n) is 12.3. The summed E-state index contributed by atoms with van der Waals surface area (Å²) in [6, 6.07) is 5.49. The van der Waals surface area contributed by atoms with Crippen molar-refractivity contribution >= 4 is 33.3 Å². The number of halogens is 1. The zero-order valence-corrected chi connectivity index (χ0v) is 24.2. The summed E-state index contributed by atoms with van der Waals surface area (Å²) in [5, 5.41) is 0. The van der Waals surface area contributed by atoms with Crippen molar-refractivity contribution in [3.8, 4) is 0 Å². The van der Waals surface area contributed by atoms with E-state index in [9.17, 15) is 4.39 Å². The van der Waals surface area contributed by atoms with Crippen molar-refractivity contribution in [3.63, 3.8) is 0 Å². The van der Waals surface area contributed by atoms with E-state index in [0.29, 0.717) is 13.3 Å². The predicted molar refractivity (Wildman–Crippen MR) is 154 cm³/mol. The van der Waals surface area contributed by atoms with E-state index >= 15 is 0 Å². The third kappa shape index (κ3) is 13.4. The van der Waals surface area contributed by atoms with Gasteiger partial charge < -0.3 is 0 Å². The molecule has 1 aromatic carbocycles. The lowest BCUT2D eigenvalue weighted by molar-refractivity contribution is 0.177. The Balaban J connectivity index is -0.000000765. The summed E-state index contributed by atoms with van der Waals surface area (Å²) in [5.41, 5.74) is 2.70. The van der Waals surface area contributed by atoms with E-state index in [1.807, 2.05) is 47.8 Å². The fraction of sp³-hybridized carbons (Fsp3) is 0.704. The van der Waals surface area contributed by atoms with Gasteiger partial charge in [0.25, 0.3) is 0 Å². The summed E-state index contributed by atoms with van der Waals surface area (Å²) in [6.45, 7) is 26.6. The molecule has 2 rings (SSSR count). The Labute approximate surface area is 197 Å². The van der Waals surface area contributed by atoms with Crippen molar-refractivity contribution in [1.29, 1.82) is 0 Å². The van der Waals surface area contributed by atoms with Crippen LogP contribution in [0, 0.1) is 16.6 Å². The Morgan fingerprint density at radius 2 is 1.29 bits per heavy atom. The lowest BCUT2D eigenvalue weighted by Crippen LogP contribution is -2.29. The van der Waals surface area contributed by atoms with Crippen LogP contribution < -0.4 is 10.2 Å². The maximum Gasteiger partial charge on any atom is 0.177 e. The van der Waals surface area contributed by atoms with Gasteiger partial charge in [-0.05, 0) is 34.8 Å². The molecule has 184 valence electrons. The highest BCUT2D eigenvalue weighted by molar-refractivity contribution is 8.25. The van der Waals surface area contributed by atoms with E-state index < -0.39 is 9.39 Å². The number of hydrogen-bond acceptors (Lipinski definition) is 1. The highest BCUT2D eigenvalue weighted by Crippen LogP contribution is 2.52. The Kier molecular flexibility index (Phi) is 18.9. The zero-order chi connectivity index (χ0) is 25.5. The molecule has 0 saturated carbocycles. The molecule has 0 aromatic heterocycles. The molecular weight excluding hydrogens is 400 g/mol. The minimum atomic E-state index is -1.28. The number of nitrogens with one attached hydrogen (secondary N) is 1. The summed E-state index contributed by atoms with van der Waals surface area (Å²) in [6.07, 6.45) is 5.48. The summed E-state index contributed by atoms with van der Waals surface area (Å²) in [4.78, 5) is 0. The lowest BCUT2D eigenvalue weighted by Gasteiger charge is -2.35. The van der Waals surface area contributed by atoms with Crippen LogP contribution in [0.5, 0.6) is 0 Å². The third-order valence-corrected chi connectivity index (χ3v) is 6.26. The van der Waals surface area contributed by atoms with Gasteiger partial charge in [-0.25, -0.2) is 4.39 Å². The summed E-state index contributed by atoms with van der Waals surface area (Å²) in [7, 11) is -1.28. The summed E-state index contributed by atoms with van der Waals surface area (Å²) >= 11 is 0. The van der Waals surface area contributed by atoms with Gasteiger partial charge in [0.05, 0.1) is 0 Å². The van der Waals surface area contributed by atoms with Crippen LogP contribution in [-0.2, 0) is 6.54 Å². The molecular formula is C27H55BFNS. The molecule has 0 aliphatic carbocycles. The van der Waals surface area contributed by atoms with Crippen LogP contribution in [0.1, 0.15) is 95.1 Å². The molecule has 1 heterocycles. The number of hydrogen-bond donors (Lipinski definition) is 1. The number of rotatable bonds is 4. The van der Waals surface area contributed by atoms with Gasteiger partial charge in [0.1, 0.15) is 5.82 Å². The van der Waals surface area contributed by atoms with Gasteiger partial charge in [-0.1, -0.05) is 125 Å². The molecule has 1 aromatic rings. The SMILES string of the molecule is C=S(=C)(C)NCc1cc(F)cc(B2CC(C)(C)C(C)(C)C2)c1.CC.CC.CC.CCC. The second-order valence-electron chi connectivity index (χ2n) is 9.07. The first kappa shape index (κ1) is 34.9. The largest absolute Gasteiger partial charge is 0.271 e. The molecule has 1 nitrogen and oxygen atoms in total. The van der Waals surface area contributed by atoms with E-state index in [-0.39, 0.29) is 16.6 Å². The molecule has 31 heavy (non-hydrogen) atoms. The molecule has 0 atom stereocenters. The predicted octanol–water partition coefficient (Wildman–Crippen LogP) is 8.39. The van der Waals surface area contributed by atoms with Crippen LogP contribution in [0.25, 0.3) is 0 Å². The molecule has 0 unspecified atom stereocenters. The quantitative estimate of drug-likeness (QED) is 0.355. The molecule has 0 bridgehead atoms. The van der Waals surface area contributed by atoms with E-state index in [4.69, 9.17) is 0 Å². The normalized spacial score (nSPS) is 15.6. The third-order valence-electron chi connectivity index (χ3n) is 5.42. The van der Waals surface area contributed by atoms with Crippen molar-refractivity contribution in [3.05, 3.63) is 29.6 Å². The molecule has 1 N–H and O–H groups in total. The first-order chi connectivity index (χ1) is 14.3. The second-order valence-corrected chi connectivity index (χ2v) is 11.9. The van der Waals surface area contributed by atoms with Crippen molar-refractivity contribution in [2.24, 2.45) is 10.8 Å². The Bertz CT molecular complexity index is 662. The minimum Gasteiger partial charge on any atom is -0.271 e. The Morgan fingerprint density at radius 1 is 0.903 bits per heavy atom. The van der Waals surface area contributed by atoms with Gasteiger partial charge in [0, 0.05) is 6.54 Å². The highest BCUT2D eigenvalue weighted by atomic mass is 32.2. The fourth-order valence-corrected chi connectivity index (χ4v) is 3.88. The smallest absolute Gasteiger partial charge is 0.177 e. The van der Waals surface area contributed by atoms with Gasteiger partial charge in [-0.15, -0.1) is 0 Å². The average Bonchev–Trinajstić information content (AvgIpc) is 2.92. The standard InChI is InChI=1S/C18H29BFNS.C3H8.3C2H6/c1-17(2)12-19(13-18(17,3)4)15-8-14(9-16(20)10-15)11-21-22(5,6)7;1-3-2;3*1-2/h8-10,21H,5-6,11-13H2,1-4,7H3;3H2,1-2H3;3*1-2H3. The number of benzene rings is 1. The van der Waals surface area contributed by atoms with Gasteiger partial charge in [0.15, 0.2) is 6.71 Å². The average molecular weight is 456 g/mol. The van der Waals surface area contributed by atoms with Crippen LogP contribution >= 0.6 is 9.39 Å². The lowest BCUT2D eigenvalue weighted by atomic mass is 9.42. The first-order valence-corrected chi connectivity index (χ1v) is 14.7. The van der Waals surface area contributed by atoms with Gasteiger partial charge >= 0.3 is 0 Å². The molecule has 0 radical (unpaired) electrons. The van der Waals surface area contributed by atoms with Crippen molar-refractivity contribution in [2.45, 2.75) is 109 Å². The molecule has 1 aliphatic rings. The molecule has 4 heteroatoms. The topological polar surface area (TPSA) is 12.0 Å². The maximum atomic E-state index is 14.0.